The van der Waals surface area contributed by atoms with E-state index in [0.29, 0.717) is 22.4 Å². The Morgan fingerprint density at radius 2 is 2.05 bits per heavy atom. The number of carbonyl (C=O) groups is 1. The molecule has 1 amide bonds. The van der Waals surface area contributed by atoms with Gasteiger partial charge in [0.05, 0.1) is 29.0 Å². The molecule has 4 nitrogen and oxygen atoms in total. The Kier molecular flexibility index (Phi) is 3.43. The van der Waals surface area contributed by atoms with Gasteiger partial charge in [0, 0.05) is 6.07 Å². The Morgan fingerprint density at radius 1 is 1.37 bits per heavy atom. The van der Waals surface area contributed by atoms with E-state index in [-0.39, 0.29) is 12.1 Å². The van der Waals surface area contributed by atoms with Crippen molar-refractivity contribution in [3.8, 4) is 12.3 Å². The van der Waals surface area contributed by atoms with Gasteiger partial charge in [-0.2, -0.15) is 0 Å². The molecule has 19 heavy (non-hydrogen) atoms. The second kappa shape index (κ2) is 5.02. The third-order valence-corrected chi connectivity index (χ3v) is 2.74. The first-order valence-corrected chi connectivity index (χ1v) is 5.69. The predicted octanol–water partition coefficient (Wildman–Crippen LogP) is 1.75. The molecule has 1 aromatic carbocycles. The number of fused-ring (bicyclic) bond motifs is 1. The number of hydrogen-bond acceptors (Lipinski definition) is 3. The second-order valence-electron chi connectivity index (χ2n) is 4.10. The molecule has 1 N–H and O–H groups in total. The summed E-state index contributed by atoms with van der Waals surface area (Å²) in [7, 11) is 0. The number of amides is 1. The molecule has 0 saturated carbocycles. The molecule has 0 fully saturated rings. The summed E-state index contributed by atoms with van der Waals surface area (Å²) in [6.07, 6.45) is 5.07. The monoisotopic (exact) mass is 257 g/mol. The topological polar surface area (TPSA) is 54.9 Å². The van der Waals surface area contributed by atoms with Crippen molar-refractivity contribution in [3.63, 3.8) is 0 Å². The van der Waals surface area contributed by atoms with Gasteiger partial charge in [0.15, 0.2) is 0 Å². The van der Waals surface area contributed by atoms with E-state index >= 15 is 0 Å². The molecule has 96 valence electrons. The SMILES string of the molecule is C#CCNC(=O)c1cc(F)cc2nc(C)c(C)nc12. The molecule has 2 rings (SSSR count). The Bertz CT molecular complexity index is 704. The van der Waals surface area contributed by atoms with E-state index in [4.69, 9.17) is 6.42 Å². The largest absolute Gasteiger partial charge is 0.341 e. The molecule has 0 saturated heterocycles. The molecule has 1 heterocycles. The number of nitrogens with one attached hydrogen (secondary N) is 1. The third kappa shape index (κ3) is 2.52. The molecular formula is C14H12FN3O. The van der Waals surface area contributed by atoms with Crippen molar-refractivity contribution >= 4 is 16.9 Å². The maximum Gasteiger partial charge on any atom is 0.254 e. The second-order valence-corrected chi connectivity index (χ2v) is 4.10. The lowest BCUT2D eigenvalue weighted by Gasteiger charge is -2.08. The minimum Gasteiger partial charge on any atom is -0.341 e. The summed E-state index contributed by atoms with van der Waals surface area (Å²) in [5, 5.41) is 2.49. The molecule has 2 aromatic rings. The van der Waals surface area contributed by atoms with Gasteiger partial charge in [-0.15, -0.1) is 6.42 Å². The van der Waals surface area contributed by atoms with Crippen molar-refractivity contribution in [3.05, 3.63) is 34.9 Å². The lowest BCUT2D eigenvalue weighted by atomic mass is 10.1. The quantitative estimate of drug-likeness (QED) is 0.834. The molecule has 0 radical (unpaired) electrons. The van der Waals surface area contributed by atoms with Crippen molar-refractivity contribution in [1.29, 1.82) is 0 Å². The summed E-state index contributed by atoms with van der Waals surface area (Å²) < 4.78 is 13.5. The van der Waals surface area contributed by atoms with E-state index in [0.717, 1.165) is 6.07 Å². The summed E-state index contributed by atoms with van der Waals surface area (Å²) in [4.78, 5) is 20.5. The van der Waals surface area contributed by atoms with E-state index in [9.17, 15) is 9.18 Å². The summed E-state index contributed by atoms with van der Waals surface area (Å²) in [5.74, 6) is 1.30. The highest BCUT2D eigenvalue weighted by Crippen LogP contribution is 2.19. The number of halogens is 1. The molecule has 0 unspecified atom stereocenters. The van der Waals surface area contributed by atoms with Gasteiger partial charge in [-0.3, -0.25) is 4.79 Å². The fourth-order valence-electron chi connectivity index (χ4n) is 1.70. The van der Waals surface area contributed by atoms with Crippen LogP contribution in [0, 0.1) is 32.0 Å². The van der Waals surface area contributed by atoms with Crippen molar-refractivity contribution in [2.45, 2.75) is 13.8 Å². The minimum absolute atomic E-state index is 0.0785. The van der Waals surface area contributed by atoms with Crippen LogP contribution in [0.15, 0.2) is 12.1 Å². The van der Waals surface area contributed by atoms with Crippen LogP contribution in [0.25, 0.3) is 11.0 Å². The average Bonchev–Trinajstić information content (AvgIpc) is 2.37. The molecule has 0 aliphatic heterocycles. The normalized spacial score (nSPS) is 10.2. The molecule has 5 heteroatoms. The van der Waals surface area contributed by atoms with Gasteiger partial charge in [-0.25, -0.2) is 14.4 Å². The van der Waals surface area contributed by atoms with Crippen LogP contribution in [0.5, 0.6) is 0 Å². The predicted molar refractivity (Wildman–Crippen MR) is 70.1 cm³/mol. The van der Waals surface area contributed by atoms with Crippen LogP contribution in [-0.2, 0) is 0 Å². The number of terminal acetylenes is 1. The first-order chi connectivity index (χ1) is 9.02. The van der Waals surface area contributed by atoms with Crippen LogP contribution < -0.4 is 5.32 Å². The van der Waals surface area contributed by atoms with E-state index in [1.807, 2.05) is 0 Å². The van der Waals surface area contributed by atoms with Crippen LogP contribution in [0.2, 0.25) is 0 Å². The highest BCUT2D eigenvalue weighted by Gasteiger charge is 2.14. The summed E-state index contributed by atoms with van der Waals surface area (Å²) >= 11 is 0. The van der Waals surface area contributed by atoms with E-state index in [1.165, 1.54) is 6.07 Å². The van der Waals surface area contributed by atoms with Gasteiger partial charge in [-0.05, 0) is 19.9 Å². The molecule has 0 spiro atoms. The molecular weight excluding hydrogens is 245 g/mol. The van der Waals surface area contributed by atoms with Crippen LogP contribution in [-0.4, -0.2) is 22.4 Å². The van der Waals surface area contributed by atoms with Crippen LogP contribution >= 0.6 is 0 Å². The van der Waals surface area contributed by atoms with E-state index in [1.54, 1.807) is 13.8 Å². The van der Waals surface area contributed by atoms with E-state index < -0.39 is 11.7 Å². The third-order valence-electron chi connectivity index (χ3n) is 2.74. The fraction of sp³-hybridized carbons (Fsp3) is 0.214. The zero-order valence-corrected chi connectivity index (χ0v) is 10.6. The Labute approximate surface area is 110 Å². The van der Waals surface area contributed by atoms with Gasteiger partial charge in [-0.1, -0.05) is 5.92 Å². The van der Waals surface area contributed by atoms with Gasteiger partial charge < -0.3 is 5.32 Å². The Hall–Kier alpha value is -2.48. The van der Waals surface area contributed by atoms with Crippen LogP contribution in [0.4, 0.5) is 4.39 Å². The fourth-order valence-corrected chi connectivity index (χ4v) is 1.70. The summed E-state index contributed by atoms with van der Waals surface area (Å²) in [6.45, 7) is 3.65. The van der Waals surface area contributed by atoms with Gasteiger partial charge >= 0.3 is 0 Å². The summed E-state index contributed by atoms with van der Waals surface area (Å²) in [6, 6.07) is 2.39. The van der Waals surface area contributed by atoms with Crippen molar-refractivity contribution in [2.24, 2.45) is 0 Å². The standard InChI is InChI=1S/C14H12FN3O/c1-4-5-16-14(19)11-6-10(15)7-12-13(11)18-9(3)8(2)17-12/h1,6-7H,5H2,2-3H3,(H,16,19). The van der Waals surface area contributed by atoms with Crippen molar-refractivity contribution in [2.75, 3.05) is 6.54 Å². The van der Waals surface area contributed by atoms with Crippen LogP contribution in [0.3, 0.4) is 0 Å². The van der Waals surface area contributed by atoms with Gasteiger partial charge in [0.2, 0.25) is 0 Å². The van der Waals surface area contributed by atoms with E-state index in [2.05, 4.69) is 21.2 Å². The van der Waals surface area contributed by atoms with Crippen LogP contribution in [0.1, 0.15) is 21.7 Å². The molecule has 0 aliphatic rings. The number of aromatic nitrogens is 2. The Morgan fingerprint density at radius 3 is 2.74 bits per heavy atom. The van der Waals surface area contributed by atoms with Gasteiger partial charge in [0.1, 0.15) is 11.3 Å². The highest BCUT2D eigenvalue weighted by atomic mass is 19.1. The molecule has 0 aliphatic carbocycles. The zero-order valence-electron chi connectivity index (χ0n) is 10.6. The maximum absolute atomic E-state index is 13.5. The molecule has 1 aromatic heterocycles. The average molecular weight is 257 g/mol. The van der Waals surface area contributed by atoms with Crippen molar-refractivity contribution < 1.29 is 9.18 Å². The number of hydrogen-bond donors (Lipinski definition) is 1. The first-order valence-electron chi connectivity index (χ1n) is 5.69. The summed E-state index contributed by atoms with van der Waals surface area (Å²) in [5.41, 5.74) is 2.27. The lowest BCUT2D eigenvalue weighted by Crippen LogP contribution is -2.24. The number of nitrogens with zero attached hydrogens (tertiary/aromatic N) is 2. The maximum atomic E-state index is 13.5. The minimum atomic E-state index is -0.532. The lowest BCUT2D eigenvalue weighted by molar-refractivity contribution is 0.0959. The molecule has 0 atom stereocenters. The number of rotatable bonds is 2. The van der Waals surface area contributed by atoms with Gasteiger partial charge in [0.25, 0.3) is 5.91 Å². The number of benzene rings is 1. The molecule has 0 bridgehead atoms. The smallest absolute Gasteiger partial charge is 0.254 e. The first kappa shape index (κ1) is 13.0. The number of carbonyl (C=O) groups excluding carboxylic acids is 1. The highest BCUT2D eigenvalue weighted by molar-refractivity contribution is 6.04. The number of aryl methyl sites for hydroxylation is 2. The zero-order chi connectivity index (χ0) is 14.0. The Balaban J connectivity index is 2.63. The van der Waals surface area contributed by atoms with Crippen molar-refractivity contribution in [1.82, 2.24) is 15.3 Å².